The van der Waals surface area contributed by atoms with E-state index in [2.05, 4.69) is 28.4 Å². The largest absolute Gasteiger partial charge is 0.493 e. The minimum absolute atomic E-state index is 0.0819. The van der Waals surface area contributed by atoms with Crippen molar-refractivity contribution in [1.82, 2.24) is 10.2 Å². The van der Waals surface area contributed by atoms with E-state index in [0.29, 0.717) is 11.8 Å². The summed E-state index contributed by atoms with van der Waals surface area (Å²) in [5.41, 5.74) is 2.89. The normalized spacial score (nSPS) is 25.3. The average molecular weight is 469 g/mol. The number of amides is 1. The molecule has 4 rings (SSSR count). The van der Waals surface area contributed by atoms with Crippen LogP contribution in [0.15, 0.2) is 18.2 Å². The van der Waals surface area contributed by atoms with Gasteiger partial charge in [0.15, 0.2) is 6.10 Å². The summed E-state index contributed by atoms with van der Waals surface area (Å²) in [6, 6.07) is 6.38. The third-order valence-corrected chi connectivity index (χ3v) is 7.63. The molecule has 2 N–H and O–H groups in total. The molecule has 1 saturated heterocycles. The number of ether oxygens (including phenoxy) is 1. The Hall–Kier alpha value is -1.80. The van der Waals surface area contributed by atoms with Gasteiger partial charge in [0.2, 0.25) is 5.91 Å². The smallest absolute Gasteiger partial charge is 0.414 e. The summed E-state index contributed by atoms with van der Waals surface area (Å²) in [5, 5.41) is 11.7. The summed E-state index contributed by atoms with van der Waals surface area (Å²) in [5.74, 6) is 1.57. The second-order valence-corrected chi connectivity index (χ2v) is 9.87. The van der Waals surface area contributed by atoms with Gasteiger partial charge in [-0.05, 0) is 88.0 Å². The third kappa shape index (κ3) is 6.41. The molecule has 1 saturated carbocycles. The molecule has 5 nitrogen and oxygen atoms in total. The Balaban J connectivity index is 1.13. The zero-order valence-corrected chi connectivity index (χ0v) is 19.1. The van der Waals surface area contributed by atoms with E-state index in [9.17, 15) is 18.0 Å². The van der Waals surface area contributed by atoms with Crippen molar-refractivity contribution in [2.75, 3.05) is 26.2 Å². The Morgan fingerprint density at radius 2 is 1.88 bits per heavy atom. The standard InChI is InChI=1S/C25H35F3N2O3/c26-25(27,28)23(31)16-24(32)29-19-6-4-17(5-7-19)8-12-30-13-9-18(10-14-30)20-2-1-3-22-21(20)11-15-33-22/h1-3,17-19,23,31H,4-16H2,(H,29,32)/t17-,19-,23-/m1/s1. The highest BCUT2D eigenvalue weighted by atomic mass is 19.4. The van der Waals surface area contributed by atoms with Gasteiger partial charge in [-0.3, -0.25) is 4.79 Å². The zero-order valence-electron chi connectivity index (χ0n) is 19.1. The molecule has 2 fully saturated rings. The van der Waals surface area contributed by atoms with E-state index >= 15 is 0 Å². The predicted molar refractivity (Wildman–Crippen MR) is 119 cm³/mol. The maximum Gasteiger partial charge on any atom is 0.414 e. The molecular formula is C25H35F3N2O3. The number of hydrogen-bond donors (Lipinski definition) is 2. The Morgan fingerprint density at radius 3 is 2.58 bits per heavy atom. The number of alkyl halides is 3. The summed E-state index contributed by atoms with van der Waals surface area (Å²) in [4.78, 5) is 14.3. The number of benzene rings is 1. The number of likely N-dealkylation sites (tertiary alicyclic amines) is 1. The molecule has 2 aliphatic heterocycles. The van der Waals surface area contributed by atoms with Crippen LogP contribution in [0.1, 0.15) is 68.4 Å². The lowest BCUT2D eigenvalue weighted by Gasteiger charge is -2.35. The average Bonchev–Trinajstić information content (AvgIpc) is 3.27. The summed E-state index contributed by atoms with van der Waals surface area (Å²) < 4.78 is 42.9. The molecule has 8 heteroatoms. The van der Waals surface area contributed by atoms with E-state index in [1.54, 1.807) is 0 Å². The van der Waals surface area contributed by atoms with Crippen LogP contribution in [0.3, 0.4) is 0 Å². The minimum Gasteiger partial charge on any atom is -0.493 e. The molecule has 1 atom stereocenters. The fourth-order valence-corrected chi connectivity index (χ4v) is 5.64. The van der Waals surface area contributed by atoms with E-state index in [4.69, 9.17) is 9.84 Å². The predicted octanol–water partition coefficient (Wildman–Crippen LogP) is 4.18. The second kappa shape index (κ2) is 10.6. The molecule has 1 aromatic carbocycles. The molecule has 1 aliphatic carbocycles. The third-order valence-electron chi connectivity index (χ3n) is 7.63. The number of nitrogens with zero attached hydrogens (tertiary/aromatic N) is 1. The van der Waals surface area contributed by atoms with Gasteiger partial charge < -0.3 is 20.1 Å². The van der Waals surface area contributed by atoms with E-state index in [1.807, 2.05) is 0 Å². The molecule has 184 valence electrons. The van der Waals surface area contributed by atoms with Crippen molar-refractivity contribution in [1.29, 1.82) is 0 Å². The van der Waals surface area contributed by atoms with Crippen molar-refractivity contribution in [2.45, 2.75) is 82.0 Å². The number of fused-ring (bicyclic) bond motifs is 1. The molecule has 0 spiro atoms. The Labute approximate surface area is 193 Å². The number of hydrogen-bond acceptors (Lipinski definition) is 4. The number of nitrogens with one attached hydrogen (secondary N) is 1. The quantitative estimate of drug-likeness (QED) is 0.630. The molecule has 0 radical (unpaired) electrons. The van der Waals surface area contributed by atoms with Crippen LogP contribution in [0.5, 0.6) is 5.75 Å². The van der Waals surface area contributed by atoms with Crippen LogP contribution in [-0.4, -0.2) is 60.5 Å². The SMILES string of the molecule is O=C(C[C@@H](O)C(F)(F)F)N[C@H]1CC[C@H](CCN2CCC(c3cccc4c3CCO4)CC2)CC1. The van der Waals surface area contributed by atoms with Gasteiger partial charge in [0.1, 0.15) is 5.75 Å². The maximum absolute atomic E-state index is 12.4. The van der Waals surface area contributed by atoms with Crippen LogP contribution < -0.4 is 10.1 Å². The van der Waals surface area contributed by atoms with Crippen LogP contribution in [-0.2, 0) is 11.2 Å². The summed E-state index contributed by atoms with van der Waals surface area (Å²) in [6.07, 6.45) is -0.184. The summed E-state index contributed by atoms with van der Waals surface area (Å²) in [7, 11) is 0. The first-order valence-corrected chi connectivity index (χ1v) is 12.3. The number of piperidine rings is 1. The van der Waals surface area contributed by atoms with Crippen LogP contribution >= 0.6 is 0 Å². The number of carbonyl (C=O) groups excluding carboxylic acids is 1. The molecule has 1 aromatic rings. The number of aliphatic hydroxyl groups is 1. The van der Waals surface area contributed by atoms with E-state index in [-0.39, 0.29) is 6.04 Å². The maximum atomic E-state index is 12.4. The lowest BCUT2D eigenvalue weighted by molar-refractivity contribution is -0.206. The van der Waals surface area contributed by atoms with Gasteiger partial charge in [-0.15, -0.1) is 0 Å². The number of rotatable bonds is 7. The molecule has 2 heterocycles. The van der Waals surface area contributed by atoms with Gasteiger partial charge in [-0.1, -0.05) is 12.1 Å². The van der Waals surface area contributed by atoms with Gasteiger partial charge in [0, 0.05) is 18.0 Å². The molecule has 0 aromatic heterocycles. The monoisotopic (exact) mass is 468 g/mol. The topological polar surface area (TPSA) is 61.8 Å². The van der Waals surface area contributed by atoms with Crippen molar-refractivity contribution in [3.63, 3.8) is 0 Å². The molecule has 0 unspecified atom stereocenters. The fourth-order valence-electron chi connectivity index (χ4n) is 5.64. The lowest BCUT2D eigenvalue weighted by atomic mass is 9.83. The van der Waals surface area contributed by atoms with Crippen LogP contribution in [0.2, 0.25) is 0 Å². The van der Waals surface area contributed by atoms with Crippen molar-refractivity contribution >= 4 is 5.91 Å². The van der Waals surface area contributed by atoms with Crippen molar-refractivity contribution in [2.24, 2.45) is 5.92 Å². The molecule has 1 amide bonds. The first-order valence-electron chi connectivity index (χ1n) is 12.3. The van der Waals surface area contributed by atoms with Gasteiger partial charge in [0.25, 0.3) is 0 Å². The van der Waals surface area contributed by atoms with Gasteiger partial charge in [-0.25, -0.2) is 0 Å². The van der Waals surface area contributed by atoms with Gasteiger partial charge >= 0.3 is 6.18 Å². The fraction of sp³-hybridized carbons (Fsp3) is 0.720. The van der Waals surface area contributed by atoms with Crippen LogP contribution in [0.25, 0.3) is 0 Å². The van der Waals surface area contributed by atoms with E-state index < -0.39 is 24.6 Å². The molecule has 0 bridgehead atoms. The number of aliphatic hydroxyl groups excluding tert-OH is 1. The summed E-state index contributed by atoms with van der Waals surface area (Å²) in [6.45, 7) is 4.11. The Morgan fingerprint density at radius 1 is 1.15 bits per heavy atom. The van der Waals surface area contributed by atoms with E-state index in [1.165, 1.54) is 24.0 Å². The highest BCUT2D eigenvalue weighted by Crippen LogP contribution is 2.37. The second-order valence-electron chi connectivity index (χ2n) is 9.87. The van der Waals surface area contributed by atoms with Crippen LogP contribution in [0.4, 0.5) is 13.2 Å². The van der Waals surface area contributed by atoms with Crippen molar-refractivity contribution in [3.05, 3.63) is 29.3 Å². The van der Waals surface area contributed by atoms with Crippen molar-refractivity contribution < 1.29 is 27.8 Å². The van der Waals surface area contributed by atoms with E-state index in [0.717, 1.165) is 70.5 Å². The Bertz CT molecular complexity index is 801. The summed E-state index contributed by atoms with van der Waals surface area (Å²) >= 11 is 0. The first kappa shape index (κ1) is 24.3. The molecule has 3 aliphatic rings. The van der Waals surface area contributed by atoms with Gasteiger partial charge in [-0.2, -0.15) is 13.2 Å². The highest BCUT2D eigenvalue weighted by Gasteiger charge is 2.39. The van der Waals surface area contributed by atoms with Crippen molar-refractivity contribution in [3.8, 4) is 5.75 Å². The minimum atomic E-state index is -4.75. The van der Waals surface area contributed by atoms with Gasteiger partial charge in [0.05, 0.1) is 13.0 Å². The zero-order chi connectivity index (χ0) is 23.4. The lowest BCUT2D eigenvalue weighted by Crippen LogP contribution is -2.41. The molecule has 33 heavy (non-hydrogen) atoms. The first-order chi connectivity index (χ1) is 15.8. The Kier molecular flexibility index (Phi) is 7.84. The number of halogens is 3. The van der Waals surface area contributed by atoms with Crippen LogP contribution in [0, 0.1) is 5.92 Å². The molecular weight excluding hydrogens is 433 g/mol. The number of carbonyl (C=O) groups is 1. The highest BCUT2D eigenvalue weighted by molar-refractivity contribution is 5.76.